The van der Waals surface area contributed by atoms with E-state index in [9.17, 15) is 9.59 Å². The lowest BCUT2D eigenvalue weighted by atomic mass is 10.3. The molecule has 33 heavy (non-hydrogen) atoms. The molecule has 0 spiro atoms. The first-order chi connectivity index (χ1) is 16.0. The van der Waals surface area contributed by atoms with Crippen LogP contribution in [0.15, 0.2) is 36.5 Å². The zero-order valence-electron chi connectivity index (χ0n) is 18.6. The van der Waals surface area contributed by atoms with E-state index in [1.165, 1.54) is 17.5 Å². The van der Waals surface area contributed by atoms with E-state index >= 15 is 0 Å². The van der Waals surface area contributed by atoms with Crippen LogP contribution in [-0.4, -0.2) is 85.1 Å². The first kappa shape index (κ1) is 22.9. The van der Waals surface area contributed by atoms with E-state index in [2.05, 4.69) is 42.8 Å². The number of carbonyl (C=O) groups is 2. The van der Waals surface area contributed by atoms with Gasteiger partial charge in [0.05, 0.1) is 10.2 Å². The maximum absolute atomic E-state index is 12.3. The lowest BCUT2D eigenvalue weighted by molar-refractivity contribution is 0.0958. The van der Waals surface area contributed by atoms with Crippen molar-refractivity contribution in [2.45, 2.75) is 0 Å². The van der Waals surface area contributed by atoms with Crippen LogP contribution in [-0.2, 0) is 0 Å². The summed E-state index contributed by atoms with van der Waals surface area (Å²) >= 11 is 1.37. The quantitative estimate of drug-likeness (QED) is 0.486. The van der Waals surface area contributed by atoms with Crippen LogP contribution in [0.25, 0.3) is 10.2 Å². The molecule has 0 unspecified atom stereocenters. The molecule has 3 amide bonds. The number of pyridine rings is 1. The summed E-state index contributed by atoms with van der Waals surface area (Å²) in [7, 11) is 3.67. The van der Waals surface area contributed by atoms with E-state index in [4.69, 9.17) is 4.74 Å². The van der Waals surface area contributed by atoms with Crippen LogP contribution in [0.4, 0.5) is 9.93 Å². The van der Waals surface area contributed by atoms with Gasteiger partial charge in [0.25, 0.3) is 5.91 Å². The number of anilines is 1. The molecule has 1 aliphatic rings. The molecule has 3 heterocycles. The number of benzene rings is 1. The lowest BCUT2D eigenvalue weighted by Crippen LogP contribution is -2.47. The number of ether oxygens (including phenoxy) is 1. The number of nitrogens with one attached hydrogen (secondary N) is 3. The summed E-state index contributed by atoms with van der Waals surface area (Å²) in [5.41, 5.74) is 1.04. The molecular weight excluding hydrogens is 442 g/mol. The zero-order chi connectivity index (χ0) is 23.2. The number of amides is 3. The first-order valence-corrected chi connectivity index (χ1v) is 11.5. The van der Waals surface area contributed by atoms with Gasteiger partial charge in [0, 0.05) is 64.6 Å². The third-order valence-electron chi connectivity index (χ3n) is 5.32. The van der Waals surface area contributed by atoms with Crippen LogP contribution in [0.3, 0.4) is 0 Å². The van der Waals surface area contributed by atoms with E-state index in [-0.39, 0.29) is 17.6 Å². The van der Waals surface area contributed by atoms with Gasteiger partial charge < -0.3 is 20.3 Å². The summed E-state index contributed by atoms with van der Waals surface area (Å²) in [6, 6.07) is 8.47. The van der Waals surface area contributed by atoms with E-state index in [1.54, 1.807) is 25.2 Å². The summed E-state index contributed by atoms with van der Waals surface area (Å²) in [6.45, 7) is 5.57. The molecule has 0 radical (unpaired) electrons. The summed E-state index contributed by atoms with van der Waals surface area (Å²) < 4.78 is 6.76. The predicted octanol–water partition coefficient (Wildman–Crippen LogP) is 2.21. The van der Waals surface area contributed by atoms with Crippen LogP contribution in [0, 0.1) is 0 Å². The van der Waals surface area contributed by atoms with Crippen molar-refractivity contribution in [2.75, 3.05) is 58.7 Å². The van der Waals surface area contributed by atoms with Crippen molar-refractivity contribution in [2.24, 2.45) is 0 Å². The third-order valence-corrected chi connectivity index (χ3v) is 6.25. The molecule has 2 aromatic heterocycles. The Hall–Kier alpha value is -3.28. The Morgan fingerprint density at radius 1 is 1.12 bits per heavy atom. The van der Waals surface area contributed by atoms with Crippen LogP contribution in [0.5, 0.6) is 11.5 Å². The van der Waals surface area contributed by atoms with Crippen molar-refractivity contribution >= 4 is 38.6 Å². The molecule has 1 aliphatic heterocycles. The predicted molar refractivity (Wildman–Crippen MR) is 128 cm³/mol. The van der Waals surface area contributed by atoms with Crippen molar-refractivity contribution in [3.63, 3.8) is 0 Å². The number of aromatic nitrogens is 2. The number of carbonyl (C=O) groups excluding carboxylic acids is 2. The Bertz CT molecular complexity index is 1130. The highest BCUT2D eigenvalue weighted by Gasteiger charge is 2.14. The molecule has 1 aromatic carbocycles. The largest absolute Gasteiger partial charge is 0.457 e. The molecule has 0 saturated carbocycles. The summed E-state index contributed by atoms with van der Waals surface area (Å²) in [5.74, 6) is 0.824. The fourth-order valence-corrected chi connectivity index (χ4v) is 4.31. The molecule has 0 atom stereocenters. The number of hydrogen-bond acceptors (Lipinski definition) is 8. The second-order valence-corrected chi connectivity index (χ2v) is 8.76. The average molecular weight is 470 g/mol. The molecule has 4 rings (SSSR count). The number of nitrogens with zero attached hydrogens (tertiary/aromatic N) is 4. The Morgan fingerprint density at radius 2 is 1.91 bits per heavy atom. The van der Waals surface area contributed by atoms with E-state index in [0.29, 0.717) is 23.2 Å². The van der Waals surface area contributed by atoms with Crippen LogP contribution < -0.4 is 20.7 Å². The molecule has 3 N–H and O–H groups in total. The second kappa shape index (κ2) is 10.6. The highest BCUT2D eigenvalue weighted by Crippen LogP contribution is 2.31. The molecule has 1 saturated heterocycles. The maximum atomic E-state index is 12.3. The SMILES string of the molecule is CNC(=O)c1cc(Oc2ccc3nc(NC(=O)NCCN4CCN(C)CC4)sc3c2)ccn1. The van der Waals surface area contributed by atoms with Crippen molar-refractivity contribution in [3.05, 3.63) is 42.2 Å². The minimum Gasteiger partial charge on any atom is -0.457 e. The van der Waals surface area contributed by atoms with E-state index in [0.717, 1.165) is 42.9 Å². The van der Waals surface area contributed by atoms with Gasteiger partial charge in [0.1, 0.15) is 17.2 Å². The number of thiazole rings is 1. The maximum Gasteiger partial charge on any atom is 0.321 e. The smallest absolute Gasteiger partial charge is 0.321 e. The molecule has 3 aromatic rings. The second-order valence-electron chi connectivity index (χ2n) is 7.73. The molecule has 11 heteroatoms. The van der Waals surface area contributed by atoms with Crippen molar-refractivity contribution < 1.29 is 14.3 Å². The molecular formula is C22H27N7O3S. The van der Waals surface area contributed by atoms with Gasteiger partial charge in [-0.2, -0.15) is 0 Å². The highest BCUT2D eigenvalue weighted by molar-refractivity contribution is 7.22. The zero-order valence-corrected chi connectivity index (χ0v) is 19.4. The minimum absolute atomic E-state index is 0.266. The van der Waals surface area contributed by atoms with Gasteiger partial charge in [-0.05, 0) is 25.2 Å². The number of urea groups is 1. The van der Waals surface area contributed by atoms with Crippen LogP contribution >= 0.6 is 11.3 Å². The standard InChI is InChI=1S/C22H27N7O3S/c1-23-20(30)18-13-16(5-6-24-18)32-15-3-4-17-19(14-15)33-22(26-17)27-21(31)25-7-8-29-11-9-28(2)10-12-29/h3-6,13-14H,7-12H2,1-2H3,(H,23,30)(H2,25,26,27,31). The van der Waals surface area contributed by atoms with Gasteiger partial charge in [0.2, 0.25) is 0 Å². The molecule has 0 bridgehead atoms. The Morgan fingerprint density at radius 3 is 2.70 bits per heavy atom. The van der Waals surface area contributed by atoms with E-state index in [1.807, 2.05) is 12.1 Å². The fraction of sp³-hybridized carbons (Fsp3) is 0.364. The number of hydrogen-bond donors (Lipinski definition) is 3. The summed E-state index contributed by atoms with van der Waals surface area (Å²) in [6.07, 6.45) is 1.52. The Kier molecular flexibility index (Phi) is 7.33. The van der Waals surface area contributed by atoms with Gasteiger partial charge >= 0.3 is 6.03 Å². The Labute approximate surface area is 195 Å². The minimum atomic E-state index is -0.282. The van der Waals surface area contributed by atoms with Gasteiger partial charge in [0.15, 0.2) is 5.13 Å². The Balaban J connectivity index is 1.32. The molecule has 1 fully saturated rings. The molecule has 0 aliphatic carbocycles. The average Bonchev–Trinajstić information content (AvgIpc) is 3.21. The van der Waals surface area contributed by atoms with E-state index < -0.39 is 0 Å². The first-order valence-electron chi connectivity index (χ1n) is 10.7. The van der Waals surface area contributed by atoms with Crippen molar-refractivity contribution in [1.29, 1.82) is 0 Å². The van der Waals surface area contributed by atoms with Crippen molar-refractivity contribution in [3.8, 4) is 11.5 Å². The fourth-order valence-electron chi connectivity index (χ4n) is 3.43. The third kappa shape index (κ3) is 6.15. The molecule has 174 valence electrons. The lowest BCUT2D eigenvalue weighted by Gasteiger charge is -2.32. The van der Waals surface area contributed by atoms with Crippen LogP contribution in [0.2, 0.25) is 0 Å². The van der Waals surface area contributed by atoms with Gasteiger partial charge in [-0.1, -0.05) is 11.3 Å². The normalized spacial score (nSPS) is 14.7. The summed E-state index contributed by atoms with van der Waals surface area (Å²) in [5, 5.41) is 8.76. The van der Waals surface area contributed by atoms with Gasteiger partial charge in [-0.25, -0.2) is 9.78 Å². The summed E-state index contributed by atoms with van der Waals surface area (Å²) in [4.78, 5) is 37.2. The number of piperazine rings is 1. The van der Waals surface area contributed by atoms with Crippen molar-refractivity contribution in [1.82, 2.24) is 30.4 Å². The highest BCUT2D eigenvalue weighted by atomic mass is 32.1. The van der Waals surface area contributed by atoms with Gasteiger partial charge in [-0.3, -0.25) is 20.0 Å². The van der Waals surface area contributed by atoms with Gasteiger partial charge in [-0.15, -0.1) is 0 Å². The topological polar surface area (TPSA) is 112 Å². The number of rotatable bonds is 7. The number of fused-ring (bicyclic) bond motifs is 1. The monoisotopic (exact) mass is 469 g/mol. The number of likely N-dealkylation sites (N-methyl/N-ethyl adjacent to an activating group) is 1. The molecule has 10 nitrogen and oxygen atoms in total. The van der Waals surface area contributed by atoms with Crippen LogP contribution in [0.1, 0.15) is 10.5 Å².